The molecule has 0 fully saturated rings. The minimum atomic E-state index is -0.470. The topological polar surface area (TPSA) is 43.6 Å². The molecule has 0 aliphatic heterocycles. The number of aromatic nitrogens is 4. The van der Waals surface area contributed by atoms with Crippen molar-refractivity contribution in [2.24, 2.45) is 0 Å². The Morgan fingerprint density at radius 3 is 1.80 bits per heavy atom. The van der Waals surface area contributed by atoms with E-state index in [9.17, 15) is 0 Å². The van der Waals surface area contributed by atoms with Crippen LogP contribution in [-0.4, -0.2) is 19.5 Å². The van der Waals surface area contributed by atoms with Crippen molar-refractivity contribution in [3.63, 3.8) is 0 Å². The molecular formula is C45H26N4S2. The first-order valence-electron chi connectivity index (χ1n) is 19.0. The fourth-order valence-electron chi connectivity index (χ4n) is 7.39. The SMILES string of the molecule is [2H]c1c([2H])c([2H])c(-c2nc(-c3cccc4c3sc3c(-n5c6ccccc6c6ccccc65)cccc34)nc(-c3cccc4sc5ccccc5c34)n2)c([2H])c1[2H]. The lowest BCUT2D eigenvalue weighted by Crippen LogP contribution is -2.00. The van der Waals surface area contributed by atoms with Crippen LogP contribution in [0.3, 0.4) is 0 Å². The summed E-state index contributed by atoms with van der Waals surface area (Å²) < 4.78 is 49.6. The standard InChI is InChI=1S/C45H26N4S2/c1-2-13-27(14-3-1)43-46-44(33-20-12-26-39-40(33)32-17-6-9-25-38(32)50-39)48-45(47-43)34-21-10-18-30-31-19-11-24-37(42(31)51-41(30)34)49-35-22-7-4-15-28(35)29-16-5-8-23-36(29)49/h1-26H/i1D,2D,3D,13D,14D. The highest BCUT2D eigenvalue weighted by atomic mass is 32.1. The summed E-state index contributed by atoms with van der Waals surface area (Å²) in [6.45, 7) is 0. The summed E-state index contributed by atoms with van der Waals surface area (Å²) >= 11 is 3.35. The van der Waals surface area contributed by atoms with Crippen molar-refractivity contribution >= 4 is 84.8 Å². The molecule has 7 aromatic carbocycles. The van der Waals surface area contributed by atoms with E-state index >= 15 is 0 Å². The molecule has 0 radical (unpaired) electrons. The number of fused-ring (bicyclic) bond motifs is 9. The molecule has 11 aromatic rings. The summed E-state index contributed by atoms with van der Waals surface area (Å²) in [5.74, 6) is 0.724. The average molecular weight is 692 g/mol. The molecular weight excluding hydrogens is 661 g/mol. The Labute approximate surface area is 307 Å². The highest BCUT2D eigenvalue weighted by Gasteiger charge is 2.21. The lowest BCUT2D eigenvalue weighted by atomic mass is 10.0. The monoisotopic (exact) mass is 691 g/mol. The van der Waals surface area contributed by atoms with Crippen LogP contribution in [0.2, 0.25) is 0 Å². The summed E-state index contributed by atoms with van der Waals surface area (Å²) in [4.78, 5) is 15.0. The molecule has 4 nitrogen and oxygen atoms in total. The molecule has 0 amide bonds. The van der Waals surface area contributed by atoms with Gasteiger partial charge in [-0.05, 0) is 36.4 Å². The average Bonchev–Trinajstić information content (AvgIpc) is 3.92. The van der Waals surface area contributed by atoms with Gasteiger partial charge in [0.05, 0.1) is 28.3 Å². The van der Waals surface area contributed by atoms with Gasteiger partial charge >= 0.3 is 0 Å². The Balaban J connectivity index is 1.21. The highest BCUT2D eigenvalue weighted by molar-refractivity contribution is 7.27. The van der Waals surface area contributed by atoms with Gasteiger partial charge in [-0.15, -0.1) is 22.7 Å². The lowest BCUT2D eigenvalue weighted by molar-refractivity contribution is 1.08. The smallest absolute Gasteiger partial charge is 0.165 e. The van der Waals surface area contributed by atoms with Gasteiger partial charge in [0.25, 0.3) is 0 Å². The quantitative estimate of drug-likeness (QED) is 0.184. The predicted molar refractivity (Wildman–Crippen MR) is 216 cm³/mol. The zero-order chi connectivity index (χ0) is 37.8. The third-order valence-corrected chi connectivity index (χ3v) is 12.0. The second-order valence-corrected chi connectivity index (χ2v) is 14.5. The Kier molecular flexibility index (Phi) is 5.25. The summed E-state index contributed by atoms with van der Waals surface area (Å²) in [6.07, 6.45) is 0. The van der Waals surface area contributed by atoms with Crippen LogP contribution in [0.1, 0.15) is 6.85 Å². The van der Waals surface area contributed by atoms with Gasteiger partial charge in [0.1, 0.15) is 0 Å². The number of para-hydroxylation sites is 2. The van der Waals surface area contributed by atoms with Crippen LogP contribution in [0, 0.1) is 0 Å². The van der Waals surface area contributed by atoms with Crippen LogP contribution < -0.4 is 0 Å². The van der Waals surface area contributed by atoms with E-state index in [-0.39, 0.29) is 23.5 Å². The summed E-state index contributed by atoms with van der Waals surface area (Å²) in [5, 5.41) is 6.58. The molecule has 0 unspecified atom stereocenters. The number of rotatable bonds is 4. The molecule has 6 heteroatoms. The van der Waals surface area contributed by atoms with Crippen LogP contribution in [0.15, 0.2) is 158 Å². The van der Waals surface area contributed by atoms with Crippen LogP contribution in [0.25, 0.3) is 102 Å². The molecule has 0 saturated heterocycles. The third kappa shape index (κ3) is 4.34. The van der Waals surface area contributed by atoms with Gasteiger partial charge in [-0.1, -0.05) is 121 Å². The van der Waals surface area contributed by atoms with Crippen LogP contribution in [-0.2, 0) is 0 Å². The molecule has 4 aromatic heterocycles. The Hall–Kier alpha value is -6.21. The number of hydrogen-bond acceptors (Lipinski definition) is 5. The van der Waals surface area contributed by atoms with Crippen molar-refractivity contribution < 1.29 is 6.85 Å². The van der Waals surface area contributed by atoms with E-state index in [2.05, 4.69) is 95.6 Å². The van der Waals surface area contributed by atoms with Gasteiger partial charge in [-0.3, -0.25) is 0 Å². The van der Waals surface area contributed by atoms with E-state index in [4.69, 9.17) is 21.8 Å². The first-order valence-corrected chi connectivity index (χ1v) is 18.2. The van der Waals surface area contributed by atoms with Crippen molar-refractivity contribution in [1.29, 1.82) is 0 Å². The first kappa shape index (κ1) is 24.0. The van der Waals surface area contributed by atoms with Crippen molar-refractivity contribution in [2.75, 3.05) is 0 Å². The van der Waals surface area contributed by atoms with Gasteiger partial charge in [0.15, 0.2) is 17.5 Å². The van der Waals surface area contributed by atoms with Gasteiger partial charge in [0.2, 0.25) is 0 Å². The number of benzene rings is 7. The van der Waals surface area contributed by atoms with Crippen molar-refractivity contribution in [3.8, 4) is 39.9 Å². The number of thiophene rings is 2. The van der Waals surface area contributed by atoms with E-state index in [0.29, 0.717) is 11.6 Å². The molecule has 238 valence electrons. The van der Waals surface area contributed by atoms with E-state index in [1.54, 1.807) is 22.7 Å². The summed E-state index contributed by atoms with van der Waals surface area (Å²) in [6, 6.07) is 41.6. The van der Waals surface area contributed by atoms with Gasteiger partial charge in [-0.2, -0.15) is 0 Å². The van der Waals surface area contributed by atoms with Crippen molar-refractivity contribution in [2.45, 2.75) is 0 Å². The number of hydrogen-bond donors (Lipinski definition) is 0. The molecule has 0 bridgehead atoms. The van der Waals surface area contributed by atoms with Crippen LogP contribution in [0.5, 0.6) is 0 Å². The zero-order valence-electron chi connectivity index (χ0n) is 31.7. The largest absolute Gasteiger partial charge is 0.308 e. The molecule has 0 N–H and O–H groups in total. The molecule has 0 atom stereocenters. The minimum Gasteiger partial charge on any atom is -0.308 e. The first-order chi connectivity index (χ1) is 27.4. The molecule has 0 saturated carbocycles. The normalized spacial score (nSPS) is 13.3. The minimum absolute atomic E-state index is 0.0163. The Morgan fingerprint density at radius 1 is 0.451 bits per heavy atom. The molecule has 11 rings (SSSR count). The van der Waals surface area contributed by atoms with E-state index in [1.807, 2.05) is 36.4 Å². The second kappa shape index (κ2) is 11.2. The van der Waals surface area contributed by atoms with Gasteiger partial charge < -0.3 is 4.57 Å². The van der Waals surface area contributed by atoms with Gasteiger partial charge in [0, 0.05) is 63.1 Å². The second-order valence-electron chi connectivity index (χ2n) is 12.4. The fourth-order valence-corrected chi connectivity index (χ4v) is 9.84. The van der Waals surface area contributed by atoms with E-state index in [1.165, 1.54) is 10.8 Å². The summed E-state index contributed by atoms with van der Waals surface area (Å²) in [7, 11) is 0. The van der Waals surface area contributed by atoms with Crippen LogP contribution in [0.4, 0.5) is 0 Å². The molecule has 51 heavy (non-hydrogen) atoms. The van der Waals surface area contributed by atoms with Gasteiger partial charge in [-0.25, -0.2) is 15.0 Å². The predicted octanol–water partition coefficient (Wildman–Crippen LogP) is 12.7. The van der Waals surface area contributed by atoms with E-state index in [0.717, 1.165) is 68.2 Å². The molecule has 4 heterocycles. The van der Waals surface area contributed by atoms with E-state index < -0.39 is 18.1 Å². The fraction of sp³-hybridized carbons (Fsp3) is 0. The number of nitrogens with zero attached hydrogens (tertiary/aromatic N) is 4. The van der Waals surface area contributed by atoms with Crippen molar-refractivity contribution in [3.05, 3.63) is 158 Å². The van der Waals surface area contributed by atoms with Crippen molar-refractivity contribution in [1.82, 2.24) is 19.5 Å². The molecule has 0 spiro atoms. The maximum atomic E-state index is 8.88. The Morgan fingerprint density at radius 2 is 1.02 bits per heavy atom. The molecule has 0 aliphatic rings. The zero-order valence-corrected chi connectivity index (χ0v) is 28.4. The Bertz CT molecular complexity index is 3380. The van der Waals surface area contributed by atoms with Crippen LogP contribution >= 0.6 is 22.7 Å². The lowest BCUT2D eigenvalue weighted by Gasteiger charge is -2.10. The summed E-state index contributed by atoms with van der Waals surface area (Å²) in [5.41, 5.74) is 4.78. The maximum Gasteiger partial charge on any atom is 0.165 e. The molecule has 0 aliphatic carbocycles. The maximum absolute atomic E-state index is 8.88. The highest BCUT2D eigenvalue weighted by Crippen LogP contribution is 2.44. The third-order valence-electron chi connectivity index (χ3n) is 9.57.